The number of thiophene rings is 1. The molecule has 1 N–H and O–H groups in total. The number of fused-ring (bicyclic) bond motifs is 2. The maximum Gasteiger partial charge on any atom is 0.0969 e. The second kappa shape index (κ2) is 9.05. The summed E-state index contributed by atoms with van der Waals surface area (Å²) in [7, 11) is 0. The Labute approximate surface area is 192 Å². The molecule has 172 valence electrons. The maximum atomic E-state index is 9.04. The average Bonchev–Trinajstić information content (AvgIpc) is 3.51. The van der Waals surface area contributed by atoms with Gasteiger partial charge in [-0.25, -0.2) is 4.68 Å². The van der Waals surface area contributed by atoms with Crippen LogP contribution in [-0.2, 0) is 42.8 Å². The Morgan fingerprint density at radius 1 is 1.28 bits per heavy atom. The zero-order valence-electron chi connectivity index (χ0n) is 18.9. The van der Waals surface area contributed by atoms with Crippen molar-refractivity contribution in [2.24, 2.45) is 0 Å². The average molecular weight is 457 g/mol. The van der Waals surface area contributed by atoms with Gasteiger partial charge in [0.2, 0.25) is 0 Å². The van der Waals surface area contributed by atoms with E-state index in [9.17, 15) is 0 Å². The van der Waals surface area contributed by atoms with Crippen LogP contribution in [0.2, 0.25) is 0 Å². The first-order valence-electron chi connectivity index (χ1n) is 11.6. The highest BCUT2D eigenvalue weighted by molar-refractivity contribution is 7.12. The van der Waals surface area contributed by atoms with E-state index in [-0.39, 0.29) is 12.2 Å². The lowest BCUT2D eigenvalue weighted by Crippen LogP contribution is -2.50. The molecule has 0 radical (unpaired) electrons. The number of piperidine rings is 1. The first-order chi connectivity index (χ1) is 15.6. The molecule has 2 atom stereocenters. The Bertz CT molecular complexity index is 1060. The summed E-state index contributed by atoms with van der Waals surface area (Å²) in [6.07, 6.45) is 10.0. The lowest BCUT2D eigenvalue weighted by atomic mass is 9.79. The van der Waals surface area contributed by atoms with Crippen molar-refractivity contribution < 1.29 is 9.84 Å². The quantitative estimate of drug-likeness (QED) is 0.589. The smallest absolute Gasteiger partial charge is 0.0969 e. The molecule has 0 aliphatic carbocycles. The SMILES string of the molecule is CCc1cc2c(s1)CCO[C@@]21CCN(Cc2cn(Cc3cnn(CCO)c3)nn2)[C@@H](C)C1. The summed E-state index contributed by atoms with van der Waals surface area (Å²) in [6.45, 7) is 8.42. The van der Waals surface area contributed by atoms with E-state index in [0.717, 1.165) is 56.6 Å². The van der Waals surface area contributed by atoms with Gasteiger partial charge in [0, 0.05) is 47.1 Å². The van der Waals surface area contributed by atoms with Gasteiger partial charge in [-0.15, -0.1) is 16.4 Å². The van der Waals surface area contributed by atoms with Gasteiger partial charge >= 0.3 is 0 Å². The van der Waals surface area contributed by atoms with Crippen molar-refractivity contribution in [3.8, 4) is 0 Å². The molecular weight excluding hydrogens is 424 g/mol. The molecule has 1 saturated heterocycles. The van der Waals surface area contributed by atoms with E-state index in [4.69, 9.17) is 9.84 Å². The lowest BCUT2D eigenvalue weighted by molar-refractivity contribution is -0.112. The zero-order valence-corrected chi connectivity index (χ0v) is 19.7. The predicted molar refractivity (Wildman–Crippen MR) is 123 cm³/mol. The number of aliphatic hydroxyl groups is 1. The van der Waals surface area contributed by atoms with Gasteiger partial charge in [-0.1, -0.05) is 12.1 Å². The van der Waals surface area contributed by atoms with Crippen LogP contribution in [0.4, 0.5) is 0 Å². The molecule has 1 fully saturated rings. The Hall–Kier alpha value is -2.07. The fourth-order valence-electron chi connectivity index (χ4n) is 5.11. The molecule has 32 heavy (non-hydrogen) atoms. The molecule has 3 aromatic heterocycles. The van der Waals surface area contributed by atoms with Crippen molar-refractivity contribution in [3.63, 3.8) is 0 Å². The number of hydrogen-bond donors (Lipinski definition) is 1. The molecule has 2 aliphatic rings. The van der Waals surface area contributed by atoms with Crippen molar-refractivity contribution in [2.75, 3.05) is 19.8 Å². The van der Waals surface area contributed by atoms with Gasteiger partial charge in [0.25, 0.3) is 0 Å². The largest absolute Gasteiger partial charge is 0.394 e. The fourth-order valence-corrected chi connectivity index (χ4v) is 6.28. The van der Waals surface area contributed by atoms with Crippen LogP contribution in [-0.4, -0.2) is 60.6 Å². The van der Waals surface area contributed by atoms with Crippen LogP contribution in [0.15, 0.2) is 24.7 Å². The predicted octanol–water partition coefficient (Wildman–Crippen LogP) is 2.59. The number of rotatable bonds is 7. The van der Waals surface area contributed by atoms with Crippen LogP contribution in [0.25, 0.3) is 0 Å². The summed E-state index contributed by atoms with van der Waals surface area (Å²) in [5.74, 6) is 0. The van der Waals surface area contributed by atoms with Crippen molar-refractivity contribution in [1.29, 1.82) is 0 Å². The molecule has 1 spiro atoms. The first-order valence-corrected chi connectivity index (χ1v) is 12.4. The van der Waals surface area contributed by atoms with Crippen LogP contribution in [0.3, 0.4) is 0 Å². The van der Waals surface area contributed by atoms with Gasteiger partial charge < -0.3 is 9.84 Å². The summed E-state index contributed by atoms with van der Waals surface area (Å²) >= 11 is 1.98. The van der Waals surface area contributed by atoms with E-state index in [2.05, 4.69) is 40.2 Å². The summed E-state index contributed by atoms with van der Waals surface area (Å²) < 4.78 is 10.1. The minimum absolute atomic E-state index is 0.0857. The Kier molecular flexibility index (Phi) is 6.16. The number of aryl methyl sites for hydroxylation is 1. The van der Waals surface area contributed by atoms with Crippen LogP contribution < -0.4 is 0 Å². The van der Waals surface area contributed by atoms with Crippen molar-refractivity contribution in [3.05, 3.63) is 51.2 Å². The van der Waals surface area contributed by atoms with Crippen molar-refractivity contribution in [2.45, 2.75) is 70.8 Å². The number of ether oxygens (including phenoxy) is 1. The van der Waals surface area contributed by atoms with E-state index in [1.54, 1.807) is 9.56 Å². The van der Waals surface area contributed by atoms with E-state index in [0.29, 0.717) is 19.1 Å². The standard InChI is InChI=1S/C23H32N6O2S/c1-3-20-10-21-22(32-20)4-9-31-23(21)5-6-27(17(2)11-23)15-19-16-29(26-25-19)14-18-12-24-28(13-18)7-8-30/h10,12-13,16-17,30H,3-9,11,14-15H2,1-2H3/t17-,23+/m0/s1. The topological polar surface area (TPSA) is 81.2 Å². The Morgan fingerprint density at radius 3 is 3.00 bits per heavy atom. The molecule has 3 aromatic rings. The molecule has 2 aliphatic heterocycles. The molecule has 9 heteroatoms. The molecule has 0 amide bonds. The minimum atomic E-state index is -0.111. The molecule has 0 unspecified atom stereocenters. The van der Waals surface area contributed by atoms with E-state index < -0.39 is 0 Å². The van der Waals surface area contributed by atoms with Gasteiger partial charge in [0.05, 0.1) is 50.0 Å². The van der Waals surface area contributed by atoms with Gasteiger partial charge in [-0.3, -0.25) is 9.58 Å². The molecule has 0 bridgehead atoms. The zero-order chi connectivity index (χ0) is 22.1. The summed E-state index contributed by atoms with van der Waals surface area (Å²) in [6, 6.07) is 2.83. The number of likely N-dealkylation sites (tertiary alicyclic amines) is 1. The number of nitrogens with zero attached hydrogens (tertiary/aromatic N) is 6. The molecule has 0 aromatic carbocycles. The molecule has 8 nitrogen and oxygen atoms in total. The van der Waals surface area contributed by atoms with E-state index >= 15 is 0 Å². The number of aromatic nitrogens is 5. The maximum absolute atomic E-state index is 9.04. The minimum Gasteiger partial charge on any atom is -0.394 e. The highest BCUT2D eigenvalue weighted by Crippen LogP contribution is 2.46. The number of aliphatic hydroxyl groups excluding tert-OH is 1. The van der Waals surface area contributed by atoms with Crippen molar-refractivity contribution >= 4 is 11.3 Å². The second-order valence-corrected chi connectivity index (χ2v) is 10.2. The summed E-state index contributed by atoms with van der Waals surface area (Å²) in [5.41, 5.74) is 3.39. The molecule has 5 heterocycles. The third kappa shape index (κ3) is 4.26. The van der Waals surface area contributed by atoms with Gasteiger partial charge in [-0.2, -0.15) is 5.10 Å². The Balaban J connectivity index is 1.22. The Morgan fingerprint density at radius 2 is 2.19 bits per heavy atom. The second-order valence-electron chi connectivity index (χ2n) is 9.01. The van der Waals surface area contributed by atoms with Crippen LogP contribution in [0.1, 0.15) is 53.3 Å². The number of hydrogen-bond acceptors (Lipinski definition) is 7. The fraction of sp³-hybridized carbons (Fsp3) is 0.609. The molecular formula is C23H32N6O2S. The third-order valence-corrected chi connectivity index (χ3v) is 8.11. The lowest BCUT2D eigenvalue weighted by Gasteiger charge is -2.47. The summed E-state index contributed by atoms with van der Waals surface area (Å²) in [4.78, 5) is 5.52. The van der Waals surface area contributed by atoms with Gasteiger partial charge in [-0.05, 0) is 37.8 Å². The van der Waals surface area contributed by atoms with Crippen LogP contribution in [0.5, 0.6) is 0 Å². The normalized spacial score (nSPS) is 23.7. The van der Waals surface area contributed by atoms with Gasteiger partial charge in [0.1, 0.15) is 0 Å². The van der Waals surface area contributed by atoms with E-state index in [1.807, 2.05) is 34.6 Å². The highest BCUT2D eigenvalue weighted by Gasteiger charge is 2.44. The van der Waals surface area contributed by atoms with Crippen molar-refractivity contribution in [1.82, 2.24) is 29.7 Å². The molecule has 5 rings (SSSR count). The van der Waals surface area contributed by atoms with Crippen LogP contribution >= 0.6 is 11.3 Å². The summed E-state index contributed by atoms with van der Waals surface area (Å²) in [5, 5.41) is 22.0. The van der Waals surface area contributed by atoms with E-state index in [1.165, 1.54) is 10.4 Å². The third-order valence-electron chi connectivity index (χ3n) is 6.77. The van der Waals surface area contributed by atoms with Crippen LogP contribution in [0, 0.1) is 0 Å². The first kappa shape index (κ1) is 21.8. The highest BCUT2D eigenvalue weighted by atomic mass is 32.1. The molecule has 0 saturated carbocycles. The monoisotopic (exact) mass is 456 g/mol. The van der Waals surface area contributed by atoms with Gasteiger partial charge in [0.15, 0.2) is 0 Å².